The number of benzene rings is 2. The quantitative estimate of drug-likeness (QED) is 0.765. The van der Waals surface area contributed by atoms with Gasteiger partial charge in [0.05, 0.1) is 12.1 Å². The van der Waals surface area contributed by atoms with Crippen molar-refractivity contribution in [2.45, 2.75) is 50.0 Å². The molecular formula is C24H29NO3. The van der Waals surface area contributed by atoms with Gasteiger partial charge in [-0.05, 0) is 35.1 Å². The Bertz CT molecular complexity index is 794. The van der Waals surface area contributed by atoms with E-state index in [1.165, 1.54) is 27.2 Å². The van der Waals surface area contributed by atoms with Crippen LogP contribution in [0.4, 0.5) is 4.79 Å². The van der Waals surface area contributed by atoms with E-state index < -0.39 is 5.60 Å². The highest BCUT2D eigenvalue weighted by atomic mass is 16.6. The van der Waals surface area contributed by atoms with Crippen molar-refractivity contribution in [1.82, 2.24) is 4.90 Å². The molecule has 0 aromatic heterocycles. The van der Waals surface area contributed by atoms with E-state index in [1.807, 2.05) is 24.3 Å². The van der Waals surface area contributed by atoms with Crippen LogP contribution < -0.4 is 0 Å². The van der Waals surface area contributed by atoms with E-state index in [-0.39, 0.29) is 12.0 Å². The summed E-state index contributed by atoms with van der Waals surface area (Å²) >= 11 is 0. The van der Waals surface area contributed by atoms with Crippen LogP contribution in [0.1, 0.15) is 55.6 Å². The molecule has 2 aromatic rings. The van der Waals surface area contributed by atoms with Gasteiger partial charge in [0, 0.05) is 13.0 Å². The predicted octanol–water partition coefficient (Wildman–Crippen LogP) is 4.95. The van der Waals surface area contributed by atoms with E-state index in [9.17, 15) is 9.90 Å². The molecule has 1 saturated carbocycles. The van der Waals surface area contributed by atoms with Crippen LogP contribution in [0.2, 0.25) is 0 Å². The minimum atomic E-state index is -0.781. The zero-order chi connectivity index (χ0) is 19.6. The number of ether oxygens (including phenoxy) is 1. The fourth-order valence-electron chi connectivity index (χ4n) is 4.76. The van der Waals surface area contributed by atoms with Gasteiger partial charge in [-0.1, -0.05) is 74.2 Å². The molecule has 2 aliphatic carbocycles. The second-order valence-electron chi connectivity index (χ2n) is 8.30. The zero-order valence-electron chi connectivity index (χ0n) is 16.6. The minimum absolute atomic E-state index is 0.0608. The Morgan fingerprint density at radius 2 is 1.54 bits per heavy atom. The van der Waals surface area contributed by atoms with Crippen LogP contribution in [0.5, 0.6) is 0 Å². The molecule has 2 aromatic carbocycles. The molecule has 4 heteroatoms. The van der Waals surface area contributed by atoms with Crippen molar-refractivity contribution in [1.29, 1.82) is 0 Å². The van der Waals surface area contributed by atoms with Gasteiger partial charge in [0.25, 0.3) is 0 Å². The number of amides is 1. The molecule has 0 atom stereocenters. The zero-order valence-corrected chi connectivity index (χ0v) is 16.6. The standard InChI is InChI=1S/C24H29NO3/c1-25(17-24(27)14-8-2-3-9-15-24)23(26)28-16-22-20-12-6-4-10-18(20)19-11-5-7-13-21(19)22/h4-7,10-13,22,27H,2-3,8-9,14-17H2,1H3. The lowest BCUT2D eigenvalue weighted by Gasteiger charge is -2.31. The summed E-state index contributed by atoms with van der Waals surface area (Å²) in [6.07, 6.45) is 5.53. The third kappa shape index (κ3) is 3.79. The lowest BCUT2D eigenvalue weighted by atomic mass is 9.94. The van der Waals surface area contributed by atoms with E-state index in [0.29, 0.717) is 13.2 Å². The highest BCUT2D eigenvalue weighted by molar-refractivity contribution is 5.79. The SMILES string of the molecule is CN(CC1(O)CCCCCC1)C(=O)OCC1c2ccccc2-c2ccccc21. The number of nitrogens with zero attached hydrogens (tertiary/aromatic N) is 1. The van der Waals surface area contributed by atoms with Gasteiger partial charge >= 0.3 is 6.09 Å². The van der Waals surface area contributed by atoms with Crippen molar-refractivity contribution in [3.8, 4) is 11.1 Å². The maximum absolute atomic E-state index is 12.6. The molecule has 1 amide bonds. The number of rotatable bonds is 4. The number of fused-ring (bicyclic) bond motifs is 3. The summed E-state index contributed by atoms with van der Waals surface area (Å²) in [5.41, 5.74) is 4.08. The largest absolute Gasteiger partial charge is 0.448 e. The molecular weight excluding hydrogens is 350 g/mol. The minimum Gasteiger partial charge on any atom is -0.448 e. The van der Waals surface area contributed by atoms with Gasteiger partial charge in [0.1, 0.15) is 6.61 Å². The number of likely N-dealkylation sites (N-methyl/N-ethyl adjacent to an activating group) is 1. The molecule has 0 bridgehead atoms. The van der Waals surface area contributed by atoms with Crippen LogP contribution in [0.25, 0.3) is 11.1 Å². The molecule has 1 fully saturated rings. The normalized spacial score (nSPS) is 18.1. The summed E-state index contributed by atoms with van der Waals surface area (Å²) in [6.45, 7) is 0.652. The molecule has 0 aliphatic heterocycles. The van der Waals surface area contributed by atoms with Gasteiger partial charge in [0.2, 0.25) is 0 Å². The molecule has 0 unspecified atom stereocenters. The highest BCUT2D eigenvalue weighted by Crippen LogP contribution is 2.44. The molecule has 0 heterocycles. The van der Waals surface area contributed by atoms with Gasteiger partial charge in [-0.2, -0.15) is 0 Å². The molecule has 28 heavy (non-hydrogen) atoms. The van der Waals surface area contributed by atoms with E-state index in [2.05, 4.69) is 24.3 Å². The summed E-state index contributed by atoms with van der Waals surface area (Å²) in [5.74, 6) is 0.0608. The third-order valence-electron chi connectivity index (χ3n) is 6.21. The van der Waals surface area contributed by atoms with E-state index in [4.69, 9.17) is 4.74 Å². The Labute approximate surface area is 167 Å². The van der Waals surface area contributed by atoms with Crippen LogP contribution in [0.15, 0.2) is 48.5 Å². The topological polar surface area (TPSA) is 49.8 Å². The Morgan fingerprint density at radius 1 is 1.00 bits per heavy atom. The maximum atomic E-state index is 12.6. The van der Waals surface area contributed by atoms with Gasteiger partial charge in [-0.3, -0.25) is 0 Å². The first-order valence-electron chi connectivity index (χ1n) is 10.4. The molecule has 1 N–H and O–H groups in total. The number of hydrogen-bond acceptors (Lipinski definition) is 3. The van der Waals surface area contributed by atoms with Crippen molar-refractivity contribution in [3.63, 3.8) is 0 Å². The van der Waals surface area contributed by atoms with Crippen LogP contribution in [-0.2, 0) is 4.74 Å². The molecule has 0 saturated heterocycles. The van der Waals surface area contributed by atoms with Crippen LogP contribution in [-0.4, -0.2) is 41.9 Å². The van der Waals surface area contributed by atoms with Crippen molar-refractivity contribution < 1.29 is 14.6 Å². The van der Waals surface area contributed by atoms with E-state index in [1.54, 1.807) is 7.05 Å². The van der Waals surface area contributed by atoms with E-state index in [0.717, 1.165) is 38.5 Å². The summed E-state index contributed by atoms with van der Waals surface area (Å²) in [7, 11) is 1.72. The summed E-state index contributed by atoms with van der Waals surface area (Å²) in [6, 6.07) is 16.7. The van der Waals surface area contributed by atoms with Gasteiger partial charge in [-0.15, -0.1) is 0 Å². The van der Waals surface area contributed by atoms with Crippen LogP contribution in [0.3, 0.4) is 0 Å². The van der Waals surface area contributed by atoms with Crippen molar-refractivity contribution in [2.24, 2.45) is 0 Å². The van der Waals surface area contributed by atoms with Crippen LogP contribution in [0, 0.1) is 0 Å². The predicted molar refractivity (Wildman–Crippen MR) is 110 cm³/mol. The number of carbonyl (C=O) groups excluding carboxylic acids is 1. The average Bonchev–Trinajstić information content (AvgIpc) is 2.86. The molecule has 2 aliphatic rings. The smallest absolute Gasteiger partial charge is 0.409 e. The monoisotopic (exact) mass is 379 g/mol. The van der Waals surface area contributed by atoms with Crippen molar-refractivity contribution in [3.05, 3.63) is 59.7 Å². The van der Waals surface area contributed by atoms with Gasteiger partial charge in [0.15, 0.2) is 0 Å². The summed E-state index contributed by atoms with van der Waals surface area (Å²) < 4.78 is 5.70. The lowest BCUT2D eigenvalue weighted by molar-refractivity contribution is -0.00486. The lowest BCUT2D eigenvalue weighted by Crippen LogP contribution is -2.44. The molecule has 148 valence electrons. The molecule has 4 rings (SSSR count). The second-order valence-corrected chi connectivity index (χ2v) is 8.30. The third-order valence-corrected chi connectivity index (χ3v) is 6.21. The Morgan fingerprint density at radius 3 is 2.11 bits per heavy atom. The second kappa shape index (κ2) is 7.96. The first-order chi connectivity index (χ1) is 13.6. The first-order valence-corrected chi connectivity index (χ1v) is 10.4. The first kappa shape index (κ1) is 19.0. The molecule has 4 nitrogen and oxygen atoms in total. The highest BCUT2D eigenvalue weighted by Gasteiger charge is 2.33. The maximum Gasteiger partial charge on any atom is 0.409 e. The fraction of sp³-hybridized carbons (Fsp3) is 0.458. The number of hydrogen-bond donors (Lipinski definition) is 1. The molecule has 0 radical (unpaired) electrons. The fourth-order valence-corrected chi connectivity index (χ4v) is 4.76. The van der Waals surface area contributed by atoms with Crippen molar-refractivity contribution in [2.75, 3.05) is 20.2 Å². The van der Waals surface area contributed by atoms with Gasteiger partial charge in [-0.25, -0.2) is 4.79 Å². The van der Waals surface area contributed by atoms with Crippen molar-refractivity contribution >= 4 is 6.09 Å². The summed E-state index contributed by atoms with van der Waals surface area (Å²) in [5, 5.41) is 10.9. The van der Waals surface area contributed by atoms with E-state index >= 15 is 0 Å². The number of aliphatic hydroxyl groups is 1. The van der Waals surface area contributed by atoms with Crippen LogP contribution >= 0.6 is 0 Å². The Hall–Kier alpha value is -2.33. The Kier molecular flexibility index (Phi) is 5.40. The average molecular weight is 380 g/mol. The van der Waals surface area contributed by atoms with Gasteiger partial charge < -0.3 is 14.7 Å². The summed E-state index contributed by atoms with van der Waals surface area (Å²) in [4.78, 5) is 14.2. The Balaban J connectivity index is 1.42. The molecule has 0 spiro atoms. The number of carbonyl (C=O) groups is 1.